The number of hydrogen-bond donors (Lipinski definition) is 0. The summed E-state index contributed by atoms with van der Waals surface area (Å²) < 4.78 is 61.5. The number of fused-ring (bicyclic) bond motifs is 1. The number of halogens is 4. The molecule has 0 spiro atoms. The highest BCUT2D eigenvalue weighted by Gasteiger charge is 2.42. The Hall–Kier alpha value is -3.43. The van der Waals surface area contributed by atoms with Gasteiger partial charge in [-0.2, -0.15) is 13.2 Å². The average Bonchev–Trinajstić information content (AvgIpc) is 3.05. The minimum atomic E-state index is -5.26. The molecule has 2 aromatic heterocycles. The fourth-order valence-corrected chi connectivity index (χ4v) is 2.55. The van der Waals surface area contributed by atoms with E-state index in [0.29, 0.717) is 11.1 Å². The van der Waals surface area contributed by atoms with Crippen LogP contribution in [0.25, 0.3) is 10.9 Å². The smallest absolute Gasteiger partial charge is 0.464 e. The lowest BCUT2D eigenvalue weighted by Gasteiger charge is -2.12. The summed E-state index contributed by atoms with van der Waals surface area (Å²) in [6.45, 7) is 0.246. The molecule has 1 aromatic carbocycles. The third-order valence-electron chi connectivity index (χ3n) is 3.85. The molecule has 3 aromatic rings. The molecule has 0 amide bonds. The fourth-order valence-electron chi connectivity index (χ4n) is 2.55. The maximum atomic E-state index is 13.0. The summed E-state index contributed by atoms with van der Waals surface area (Å²) in [6, 6.07) is 7.01. The molecule has 0 N–H and O–H groups in total. The van der Waals surface area contributed by atoms with Crippen molar-refractivity contribution in [2.24, 2.45) is 0 Å². The van der Waals surface area contributed by atoms with E-state index in [1.165, 1.54) is 30.6 Å². The molecule has 0 saturated heterocycles. The van der Waals surface area contributed by atoms with Gasteiger partial charge in [-0.25, -0.2) is 19.0 Å². The third-order valence-corrected chi connectivity index (χ3v) is 3.85. The number of ether oxygens (including phenoxy) is 2. The predicted molar refractivity (Wildman–Crippen MR) is 88.3 cm³/mol. The molecule has 0 atom stereocenters. The highest BCUT2D eigenvalue weighted by molar-refractivity contribution is 6.00. The van der Waals surface area contributed by atoms with Gasteiger partial charge in [-0.3, -0.25) is 0 Å². The maximum absolute atomic E-state index is 13.0. The Balaban J connectivity index is 2.07. The quantitative estimate of drug-likeness (QED) is 0.499. The molecule has 28 heavy (non-hydrogen) atoms. The average molecular weight is 396 g/mol. The molecule has 6 nitrogen and oxygen atoms in total. The van der Waals surface area contributed by atoms with Crippen LogP contribution in [0.15, 0.2) is 42.7 Å². The molecule has 0 aliphatic carbocycles. The van der Waals surface area contributed by atoms with Crippen molar-refractivity contribution in [3.63, 3.8) is 0 Å². The molecule has 2 heterocycles. The summed E-state index contributed by atoms with van der Waals surface area (Å²) >= 11 is 0. The summed E-state index contributed by atoms with van der Waals surface area (Å²) in [5.74, 6) is -4.60. The van der Waals surface area contributed by atoms with Gasteiger partial charge in [0.1, 0.15) is 5.82 Å². The summed E-state index contributed by atoms with van der Waals surface area (Å²) in [7, 11) is 1.02. The first kappa shape index (κ1) is 19.3. The molecular weight excluding hydrogens is 384 g/mol. The van der Waals surface area contributed by atoms with Crippen LogP contribution in [0.3, 0.4) is 0 Å². The number of nitrogens with zero attached hydrogens (tertiary/aromatic N) is 2. The maximum Gasteiger partial charge on any atom is 0.491 e. The number of rotatable bonds is 4. The normalized spacial score (nSPS) is 11.5. The van der Waals surface area contributed by atoms with Crippen molar-refractivity contribution in [2.75, 3.05) is 7.11 Å². The molecule has 0 aliphatic rings. The SMILES string of the molecule is COC(=O)c1ncc2c(ccn2Cc2ccc(F)cc2)c1OC(=O)C(F)(F)F. The van der Waals surface area contributed by atoms with Gasteiger partial charge in [0.25, 0.3) is 0 Å². The van der Waals surface area contributed by atoms with Crippen molar-refractivity contribution in [1.29, 1.82) is 0 Å². The number of carbonyl (C=O) groups is 2. The zero-order valence-electron chi connectivity index (χ0n) is 14.3. The summed E-state index contributed by atoms with van der Waals surface area (Å²) in [5.41, 5.74) is 0.457. The number of aromatic nitrogens is 2. The molecule has 0 aliphatic heterocycles. The lowest BCUT2D eigenvalue weighted by atomic mass is 10.2. The Morgan fingerprint density at radius 3 is 2.43 bits per heavy atom. The van der Waals surface area contributed by atoms with Crippen molar-refractivity contribution >= 4 is 22.8 Å². The first-order valence-corrected chi connectivity index (χ1v) is 7.80. The number of pyridine rings is 1. The Kier molecular flexibility index (Phi) is 5.04. The lowest BCUT2D eigenvalue weighted by Crippen LogP contribution is -2.29. The van der Waals surface area contributed by atoms with E-state index in [2.05, 4.69) is 14.5 Å². The molecule has 0 bridgehead atoms. The minimum absolute atomic E-state index is 0.0649. The molecule has 0 unspecified atom stereocenters. The zero-order valence-corrected chi connectivity index (χ0v) is 14.3. The summed E-state index contributed by atoms with van der Waals surface area (Å²) in [5, 5.41) is 0.0649. The van der Waals surface area contributed by atoms with Gasteiger partial charge in [0, 0.05) is 18.1 Å². The van der Waals surface area contributed by atoms with Crippen LogP contribution in [0.2, 0.25) is 0 Å². The number of benzene rings is 1. The van der Waals surface area contributed by atoms with E-state index >= 15 is 0 Å². The zero-order chi connectivity index (χ0) is 20.5. The van der Waals surface area contributed by atoms with E-state index in [-0.39, 0.29) is 11.9 Å². The summed E-state index contributed by atoms with van der Waals surface area (Å²) in [4.78, 5) is 26.9. The predicted octanol–water partition coefficient (Wildman–Crippen LogP) is 3.48. The molecular formula is C18H12F4N2O4. The van der Waals surface area contributed by atoms with E-state index in [9.17, 15) is 27.2 Å². The standard InChI is InChI=1S/C18H12F4N2O4/c1-27-16(25)14-15(28-17(26)18(20,21)22)12-6-7-24(13(12)8-23-14)9-10-2-4-11(19)5-3-10/h2-8H,9H2,1H3. The second-order valence-electron chi connectivity index (χ2n) is 5.68. The van der Waals surface area contributed by atoms with E-state index in [1.807, 2.05) is 0 Å². The first-order valence-electron chi connectivity index (χ1n) is 7.80. The van der Waals surface area contributed by atoms with Crippen LogP contribution in [-0.4, -0.2) is 34.8 Å². The van der Waals surface area contributed by atoms with Gasteiger partial charge in [-0.05, 0) is 23.8 Å². The highest BCUT2D eigenvalue weighted by atomic mass is 19.4. The van der Waals surface area contributed by atoms with E-state index < -0.39 is 35.4 Å². The van der Waals surface area contributed by atoms with Crippen LogP contribution >= 0.6 is 0 Å². The second-order valence-corrected chi connectivity index (χ2v) is 5.68. The van der Waals surface area contributed by atoms with E-state index in [4.69, 9.17) is 0 Å². The lowest BCUT2D eigenvalue weighted by molar-refractivity contribution is -0.189. The van der Waals surface area contributed by atoms with Crippen molar-refractivity contribution < 1.29 is 36.6 Å². The van der Waals surface area contributed by atoms with Crippen LogP contribution in [0.1, 0.15) is 16.1 Å². The number of esters is 2. The van der Waals surface area contributed by atoms with Crippen molar-refractivity contribution in [2.45, 2.75) is 12.7 Å². The largest absolute Gasteiger partial charge is 0.491 e. The molecule has 0 saturated carbocycles. The van der Waals surface area contributed by atoms with Gasteiger partial charge in [0.2, 0.25) is 0 Å². The van der Waals surface area contributed by atoms with Crippen LogP contribution in [-0.2, 0) is 16.1 Å². The Morgan fingerprint density at radius 2 is 1.82 bits per heavy atom. The monoisotopic (exact) mass is 396 g/mol. The van der Waals surface area contributed by atoms with Gasteiger partial charge in [0.05, 0.1) is 18.8 Å². The molecule has 0 radical (unpaired) electrons. The highest BCUT2D eigenvalue weighted by Crippen LogP contribution is 2.32. The fraction of sp³-hybridized carbons (Fsp3) is 0.167. The number of methoxy groups -OCH3 is 1. The minimum Gasteiger partial charge on any atom is -0.464 e. The van der Waals surface area contributed by atoms with Crippen LogP contribution in [0, 0.1) is 5.82 Å². The topological polar surface area (TPSA) is 70.4 Å². The van der Waals surface area contributed by atoms with Crippen LogP contribution in [0.4, 0.5) is 17.6 Å². The van der Waals surface area contributed by atoms with Gasteiger partial charge < -0.3 is 14.0 Å². The van der Waals surface area contributed by atoms with Crippen LogP contribution < -0.4 is 4.74 Å². The number of hydrogen-bond acceptors (Lipinski definition) is 5. The molecule has 0 fully saturated rings. The molecule has 10 heteroatoms. The van der Waals surface area contributed by atoms with Gasteiger partial charge >= 0.3 is 18.1 Å². The Bertz CT molecular complexity index is 1040. The second kappa shape index (κ2) is 7.29. The number of carbonyl (C=O) groups excluding carboxylic acids is 2. The van der Waals surface area contributed by atoms with E-state index in [0.717, 1.165) is 7.11 Å². The van der Waals surface area contributed by atoms with Crippen molar-refractivity contribution in [1.82, 2.24) is 9.55 Å². The van der Waals surface area contributed by atoms with Crippen LogP contribution in [0.5, 0.6) is 5.75 Å². The van der Waals surface area contributed by atoms with Gasteiger partial charge in [-0.15, -0.1) is 0 Å². The van der Waals surface area contributed by atoms with Crippen molar-refractivity contribution in [3.05, 3.63) is 59.8 Å². The Morgan fingerprint density at radius 1 is 1.14 bits per heavy atom. The van der Waals surface area contributed by atoms with Gasteiger partial charge in [-0.1, -0.05) is 12.1 Å². The van der Waals surface area contributed by atoms with E-state index in [1.54, 1.807) is 16.7 Å². The molecule has 3 rings (SSSR count). The Labute approximate surface area is 155 Å². The molecule has 146 valence electrons. The summed E-state index contributed by atoms with van der Waals surface area (Å²) in [6.07, 6.45) is -2.50. The third kappa shape index (κ3) is 3.80. The van der Waals surface area contributed by atoms with Crippen molar-refractivity contribution in [3.8, 4) is 5.75 Å². The first-order chi connectivity index (χ1) is 13.2. The number of alkyl halides is 3. The van der Waals surface area contributed by atoms with Gasteiger partial charge in [0.15, 0.2) is 11.4 Å².